The van der Waals surface area contributed by atoms with E-state index in [-0.39, 0.29) is 0 Å². The van der Waals surface area contributed by atoms with Gasteiger partial charge in [-0.05, 0) is 24.6 Å². The maximum absolute atomic E-state index is 4.37. The summed E-state index contributed by atoms with van der Waals surface area (Å²) in [6.45, 7) is 4.48. The van der Waals surface area contributed by atoms with Gasteiger partial charge in [0, 0.05) is 24.4 Å². The molecule has 1 fully saturated rings. The standard InChI is InChI=1S/C10H14N2/c1-8-6-11-7-9(8)10-4-2-3-5-12-10/h2-5,8-9,11H,6-7H2,1H3. The van der Waals surface area contributed by atoms with Gasteiger partial charge in [-0.15, -0.1) is 0 Å². The van der Waals surface area contributed by atoms with E-state index in [9.17, 15) is 0 Å². The van der Waals surface area contributed by atoms with Crippen LogP contribution in [0.3, 0.4) is 0 Å². The second-order valence-corrected chi connectivity index (χ2v) is 3.50. The molecule has 1 N–H and O–H groups in total. The van der Waals surface area contributed by atoms with Crippen molar-refractivity contribution in [1.29, 1.82) is 0 Å². The van der Waals surface area contributed by atoms with Gasteiger partial charge < -0.3 is 5.32 Å². The van der Waals surface area contributed by atoms with E-state index in [2.05, 4.69) is 29.4 Å². The smallest absolute Gasteiger partial charge is 0.0450 e. The van der Waals surface area contributed by atoms with Crippen molar-refractivity contribution in [2.75, 3.05) is 13.1 Å². The Labute approximate surface area is 73.0 Å². The SMILES string of the molecule is CC1CNCC1c1ccccn1. The van der Waals surface area contributed by atoms with Gasteiger partial charge in [-0.1, -0.05) is 13.0 Å². The Morgan fingerprint density at radius 1 is 1.42 bits per heavy atom. The highest BCUT2D eigenvalue weighted by Gasteiger charge is 2.24. The second-order valence-electron chi connectivity index (χ2n) is 3.50. The normalized spacial score (nSPS) is 29.1. The van der Waals surface area contributed by atoms with E-state index in [1.54, 1.807) is 0 Å². The van der Waals surface area contributed by atoms with E-state index in [0.29, 0.717) is 5.92 Å². The van der Waals surface area contributed by atoms with Gasteiger partial charge in [0.2, 0.25) is 0 Å². The Hall–Kier alpha value is -0.890. The van der Waals surface area contributed by atoms with Gasteiger partial charge in [-0.25, -0.2) is 0 Å². The molecule has 0 bridgehead atoms. The highest BCUT2D eigenvalue weighted by atomic mass is 14.9. The molecule has 2 nitrogen and oxygen atoms in total. The summed E-state index contributed by atoms with van der Waals surface area (Å²) < 4.78 is 0. The number of aromatic nitrogens is 1. The minimum absolute atomic E-state index is 0.617. The minimum Gasteiger partial charge on any atom is -0.316 e. The first-order valence-electron chi connectivity index (χ1n) is 4.49. The second kappa shape index (κ2) is 3.23. The average molecular weight is 162 g/mol. The van der Waals surface area contributed by atoms with Crippen LogP contribution in [-0.4, -0.2) is 18.1 Å². The zero-order valence-electron chi connectivity index (χ0n) is 7.33. The molecule has 0 saturated carbocycles. The van der Waals surface area contributed by atoms with Gasteiger partial charge in [0.1, 0.15) is 0 Å². The quantitative estimate of drug-likeness (QED) is 0.675. The largest absolute Gasteiger partial charge is 0.316 e. The van der Waals surface area contributed by atoms with Crippen LogP contribution in [0.15, 0.2) is 24.4 Å². The monoisotopic (exact) mass is 162 g/mol. The van der Waals surface area contributed by atoms with Gasteiger partial charge in [-0.3, -0.25) is 4.98 Å². The number of nitrogens with one attached hydrogen (secondary N) is 1. The lowest BCUT2D eigenvalue weighted by molar-refractivity contribution is 0.560. The van der Waals surface area contributed by atoms with Crippen LogP contribution in [-0.2, 0) is 0 Å². The molecule has 1 aliphatic heterocycles. The topological polar surface area (TPSA) is 24.9 Å². The zero-order valence-corrected chi connectivity index (χ0v) is 7.33. The third-order valence-electron chi connectivity index (χ3n) is 2.59. The highest BCUT2D eigenvalue weighted by Crippen LogP contribution is 2.25. The summed E-state index contributed by atoms with van der Waals surface area (Å²) in [5.74, 6) is 1.34. The molecule has 1 aromatic rings. The molecule has 2 heterocycles. The third kappa shape index (κ3) is 1.34. The van der Waals surface area contributed by atoms with Crippen molar-refractivity contribution in [2.45, 2.75) is 12.8 Å². The molecule has 1 saturated heterocycles. The first kappa shape index (κ1) is 7.74. The Balaban J connectivity index is 2.19. The fourth-order valence-electron chi connectivity index (χ4n) is 1.80. The summed E-state index contributed by atoms with van der Waals surface area (Å²) in [4.78, 5) is 4.37. The predicted molar refractivity (Wildman–Crippen MR) is 49.0 cm³/mol. The Bertz CT molecular complexity index is 245. The summed E-state index contributed by atoms with van der Waals surface area (Å²) in [6, 6.07) is 6.15. The van der Waals surface area contributed by atoms with Crippen molar-refractivity contribution in [2.24, 2.45) is 5.92 Å². The lowest BCUT2D eigenvalue weighted by Crippen LogP contribution is -2.09. The number of pyridine rings is 1. The molecule has 12 heavy (non-hydrogen) atoms. The van der Waals surface area contributed by atoms with Crippen LogP contribution < -0.4 is 5.32 Å². The van der Waals surface area contributed by atoms with E-state index >= 15 is 0 Å². The van der Waals surface area contributed by atoms with E-state index in [1.165, 1.54) is 5.69 Å². The highest BCUT2D eigenvalue weighted by molar-refractivity contribution is 5.12. The van der Waals surface area contributed by atoms with Crippen LogP contribution in [0.4, 0.5) is 0 Å². The fraction of sp³-hybridized carbons (Fsp3) is 0.500. The lowest BCUT2D eigenvalue weighted by Gasteiger charge is -2.12. The summed E-state index contributed by atoms with van der Waals surface area (Å²) in [6.07, 6.45) is 1.88. The first-order chi connectivity index (χ1) is 5.88. The molecule has 1 aromatic heterocycles. The fourth-order valence-corrected chi connectivity index (χ4v) is 1.80. The molecular weight excluding hydrogens is 148 g/mol. The summed E-state index contributed by atoms with van der Waals surface area (Å²) in [7, 11) is 0. The summed E-state index contributed by atoms with van der Waals surface area (Å²) in [5, 5.41) is 3.38. The van der Waals surface area contributed by atoms with E-state index in [4.69, 9.17) is 0 Å². The molecule has 64 valence electrons. The number of nitrogens with zero attached hydrogens (tertiary/aromatic N) is 1. The molecule has 0 spiro atoms. The van der Waals surface area contributed by atoms with Crippen molar-refractivity contribution in [3.05, 3.63) is 30.1 Å². The molecule has 2 rings (SSSR count). The number of hydrogen-bond acceptors (Lipinski definition) is 2. The Kier molecular flexibility index (Phi) is 2.09. The van der Waals surface area contributed by atoms with Gasteiger partial charge in [-0.2, -0.15) is 0 Å². The van der Waals surface area contributed by atoms with Crippen molar-refractivity contribution in [3.63, 3.8) is 0 Å². The third-order valence-corrected chi connectivity index (χ3v) is 2.59. The number of rotatable bonds is 1. The minimum atomic E-state index is 0.617. The van der Waals surface area contributed by atoms with Crippen LogP contribution in [0.5, 0.6) is 0 Å². The van der Waals surface area contributed by atoms with Gasteiger partial charge in [0.05, 0.1) is 0 Å². The molecular formula is C10H14N2. The van der Waals surface area contributed by atoms with Crippen LogP contribution in [0, 0.1) is 5.92 Å². The van der Waals surface area contributed by atoms with Crippen LogP contribution in [0.25, 0.3) is 0 Å². The van der Waals surface area contributed by atoms with Crippen molar-refractivity contribution in [3.8, 4) is 0 Å². The van der Waals surface area contributed by atoms with Crippen molar-refractivity contribution in [1.82, 2.24) is 10.3 Å². The first-order valence-corrected chi connectivity index (χ1v) is 4.49. The molecule has 2 atom stereocenters. The predicted octanol–water partition coefficient (Wildman–Crippen LogP) is 1.40. The van der Waals surface area contributed by atoms with Crippen LogP contribution in [0.2, 0.25) is 0 Å². The van der Waals surface area contributed by atoms with Gasteiger partial charge >= 0.3 is 0 Å². The molecule has 2 unspecified atom stereocenters. The molecule has 2 heteroatoms. The average Bonchev–Trinajstić information content (AvgIpc) is 2.53. The summed E-state index contributed by atoms with van der Waals surface area (Å²) in [5.41, 5.74) is 1.23. The summed E-state index contributed by atoms with van der Waals surface area (Å²) >= 11 is 0. The molecule has 1 aliphatic rings. The van der Waals surface area contributed by atoms with E-state index in [0.717, 1.165) is 19.0 Å². The van der Waals surface area contributed by atoms with Gasteiger partial charge in [0.25, 0.3) is 0 Å². The number of hydrogen-bond donors (Lipinski definition) is 1. The zero-order chi connectivity index (χ0) is 8.39. The van der Waals surface area contributed by atoms with E-state index < -0.39 is 0 Å². The lowest BCUT2D eigenvalue weighted by atomic mass is 9.94. The molecule has 0 aromatic carbocycles. The van der Waals surface area contributed by atoms with Crippen LogP contribution in [0.1, 0.15) is 18.5 Å². The Morgan fingerprint density at radius 2 is 2.33 bits per heavy atom. The van der Waals surface area contributed by atoms with E-state index in [1.807, 2.05) is 12.3 Å². The van der Waals surface area contributed by atoms with Crippen LogP contribution >= 0.6 is 0 Å². The Morgan fingerprint density at radius 3 is 2.92 bits per heavy atom. The maximum Gasteiger partial charge on any atom is 0.0450 e. The van der Waals surface area contributed by atoms with Crippen molar-refractivity contribution < 1.29 is 0 Å². The van der Waals surface area contributed by atoms with Crippen molar-refractivity contribution >= 4 is 0 Å². The van der Waals surface area contributed by atoms with Gasteiger partial charge in [0.15, 0.2) is 0 Å². The molecule has 0 aliphatic carbocycles. The molecule has 0 radical (unpaired) electrons. The maximum atomic E-state index is 4.37. The molecule has 0 amide bonds.